The molecule has 1 amide bonds. The van der Waals surface area contributed by atoms with Crippen molar-refractivity contribution in [3.63, 3.8) is 0 Å². The molecule has 1 atom stereocenters. The van der Waals surface area contributed by atoms with Crippen molar-refractivity contribution in [3.05, 3.63) is 39.4 Å². The van der Waals surface area contributed by atoms with Crippen LogP contribution in [0.15, 0.2) is 23.1 Å². The molecule has 7 nitrogen and oxygen atoms in total. The Morgan fingerprint density at radius 3 is 2.90 bits per heavy atom. The summed E-state index contributed by atoms with van der Waals surface area (Å²) in [6, 6.07) is 4.38. The van der Waals surface area contributed by atoms with Crippen molar-refractivity contribution >= 4 is 44.0 Å². The number of carbonyl (C=O) groups is 1. The van der Waals surface area contributed by atoms with Crippen molar-refractivity contribution < 1.29 is 13.2 Å². The summed E-state index contributed by atoms with van der Waals surface area (Å²) >= 11 is 7.69. The van der Waals surface area contributed by atoms with Gasteiger partial charge in [-0.15, -0.1) is 11.3 Å². The average Bonchev–Trinajstić information content (AvgIpc) is 3.09. The average molecular weight is 469 g/mol. The van der Waals surface area contributed by atoms with Crippen LogP contribution in [0.3, 0.4) is 0 Å². The van der Waals surface area contributed by atoms with Gasteiger partial charge in [0.2, 0.25) is 10.0 Å². The monoisotopic (exact) mass is 468 g/mol. The van der Waals surface area contributed by atoms with E-state index in [1.165, 1.54) is 33.8 Å². The Balaban J connectivity index is 1.56. The summed E-state index contributed by atoms with van der Waals surface area (Å²) in [5, 5.41) is 3.47. The number of nitrogens with zero attached hydrogens (tertiary/aromatic N) is 3. The molecule has 3 heterocycles. The lowest BCUT2D eigenvalue weighted by Gasteiger charge is -2.30. The van der Waals surface area contributed by atoms with Crippen LogP contribution in [0, 0.1) is 5.92 Å². The van der Waals surface area contributed by atoms with Gasteiger partial charge < -0.3 is 4.90 Å². The van der Waals surface area contributed by atoms with Gasteiger partial charge in [-0.05, 0) is 44.0 Å². The fourth-order valence-corrected chi connectivity index (χ4v) is 7.07. The number of hydrogen-bond donors (Lipinski definition) is 1. The number of sulfonamides is 1. The van der Waals surface area contributed by atoms with Gasteiger partial charge in [-0.25, -0.2) is 13.4 Å². The molecule has 0 radical (unpaired) electrons. The van der Waals surface area contributed by atoms with Gasteiger partial charge in [-0.1, -0.05) is 18.5 Å². The van der Waals surface area contributed by atoms with Crippen LogP contribution in [0.25, 0.3) is 0 Å². The largest absolute Gasteiger partial charge is 0.301 e. The SMILES string of the molecule is CC1CCCN(S(=O)(=O)c2cc(C(=O)Nc3nc4c(s3)CN(C)CC4)ccc2Cl)C1. The molecule has 162 valence electrons. The third-order valence-corrected chi connectivity index (χ3v) is 8.92. The number of carbonyl (C=O) groups excluding carboxylic acids is 1. The number of benzene rings is 1. The standard InChI is InChI=1S/C20H25ClN4O3S2/c1-13-4-3-8-25(11-13)30(27,28)18-10-14(5-6-15(18)21)19(26)23-20-22-16-7-9-24(2)12-17(16)29-20/h5-6,10,13H,3-4,7-9,11-12H2,1-2H3,(H,22,23,26). The second-order valence-corrected chi connectivity index (χ2v) is 11.5. The van der Waals surface area contributed by atoms with Gasteiger partial charge in [0.1, 0.15) is 4.90 Å². The second kappa shape index (κ2) is 8.55. The molecule has 2 aliphatic heterocycles. The molecule has 1 aromatic heterocycles. The predicted octanol–water partition coefficient (Wildman–Crippen LogP) is 3.46. The highest BCUT2D eigenvalue weighted by Crippen LogP contribution is 2.31. The van der Waals surface area contributed by atoms with Crippen molar-refractivity contribution in [1.29, 1.82) is 0 Å². The summed E-state index contributed by atoms with van der Waals surface area (Å²) in [6.07, 6.45) is 2.69. The molecule has 1 fully saturated rings. The van der Waals surface area contributed by atoms with E-state index in [2.05, 4.69) is 22.2 Å². The first kappa shape index (κ1) is 21.7. The molecule has 30 heavy (non-hydrogen) atoms. The van der Waals surface area contributed by atoms with Crippen LogP contribution in [0.1, 0.15) is 40.7 Å². The first-order valence-electron chi connectivity index (χ1n) is 10.0. The minimum atomic E-state index is -3.76. The number of aromatic nitrogens is 1. The van der Waals surface area contributed by atoms with E-state index in [-0.39, 0.29) is 15.5 Å². The number of nitrogens with one attached hydrogen (secondary N) is 1. The van der Waals surface area contributed by atoms with E-state index in [0.717, 1.165) is 42.9 Å². The first-order chi connectivity index (χ1) is 14.2. The van der Waals surface area contributed by atoms with Gasteiger partial charge >= 0.3 is 0 Å². The van der Waals surface area contributed by atoms with Crippen LogP contribution in [-0.2, 0) is 23.0 Å². The second-order valence-electron chi connectivity index (χ2n) is 8.09. The molecule has 0 bridgehead atoms. The fourth-order valence-electron chi connectivity index (χ4n) is 3.89. The van der Waals surface area contributed by atoms with Gasteiger partial charge in [0.15, 0.2) is 5.13 Å². The topological polar surface area (TPSA) is 82.6 Å². The number of thiazole rings is 1. The Morgan fingerprint density at radius 1 is 1.33 bits per heavy atom. The molecule has 0 saturated carbocycles. The van der Waals surface area contributed by atoms with E-state index in [0.29, 0.717) is 24.1 Å². The highest BCUT2D eigenvalue weighted by atomic mass is 35.5. The minimum Gasteiger partial charge on any atom is -0.301 e. The molecular weight excluding hydrogens is 444 g/mol. The lowest BCUT2D eigenvalue weighted by molar-refractivity contribution is 0.102. The van der Waals surface area contributed by atoms with Crippen LogP contribution in [0.5, 0.6) is 0 Å². The van der Waals surface area contributed by atoms with Crippen molar-refractivity contribution in [2.75, 3.05) is 32.0 Å². The molecule has 1 N–H and O–H groups in total. The molecule has 1 unspecified atom stereocenters. The van der Waals surface area contributed by atoms with Crippen LogP contribution >= 0.6 is 22.9 Å². The van der Waals surface area contributed by atoms with E-state index in [4.69, 9.17) is 11.6 Å². The van der Waals surface area contributed by atoms with E-state index in [1.807, 2.05) is 6.92 Å². The van der Waals surface area contributed by atoms with Crippen LogP contribution in [0.4, 0.5) is 5.13 Å². The normalized spacial score (nSPS) is 20.7. The lowest BCUT2D eigenvalue weighted by Crippen LogP contribution is -2.39. The zero-order chi connectivity index (χ0) is 21.5. The number of amides is 1. The molecule has 10 heteroatoms. The number of anilines is 1. The maximum absolute atomic E-state index is 13.1. The Bertz CT molecular complexity index is 1070. The minimum absolute atomic E-state index is 0.0222. The molecule has 1 aromatic carbocycles. The summed E-state index contributed by atoms with van der Waals surface area (Å²) in [5.74, 6) is -0.0941. The fraction of sp³-hybridized carbons (Fsp3) is 0.500. The zero-order valence-corrected chi connectivity index (χ0v) is 19.4. The van der Waals surface area contributed by atoms with Gasteiger partial charge in [0.05, 0.1) is 10.7 Å². The van der Waals surface area contributed by atoms with Crippen LogP contribution in [-0.4, -0.2) is 55.2 Å². The van der Waals surface area contributed by atoms with Crippen molar-refractivity contribution in [2.24, 2.45) is 5.92 Å². The number of fused-ring (bicyclic) bond motifs is 1. The molecule has 0 spiro atoms. The Labute approximate surface area is 186 Å². The highest BCUT2D eigenvalue weighted by molar-refractivity contribution is 7.89. The zero-order valence-electron chi connectivity index (χ0n) is 17.0. The molecule has 0 aliphatic carbocycles. The molecule has 1 saturated heterocycles. The van der Waals surface area contributed by atoms with Crippen molar-refractivity contribution in [1.82, 2.24) is 14.2 Å². The molecule has 2 aliphatic rings. The summed E-state index contributed by atoms with van der Waals surface area (Å²) in [4.78, 5) is 20.7. The van der Waals surface area contributed by atoms with E-state index >= 15 is 0 Å². The van der Waals surface area contributed by atoms with Crippen LogP contribution < -0.4 is 5.32 Å². The van der Waals surface area contributed by atoms with E-state index < -0.39 is 15.9 Å². The maximum atomic E-state index is 13.1. The first-order valence-corrected chi connectivity index (χ1v) is 12.7. The number of rotatable bonds is 4. The quantitative estimate of drug-likeness (QED) is 0.743. The highest BCUT2D eigenvalue weighted by Gasteiger charge is 2.31. The van der Waals surface area contributed by atoms with Gasteiger partial charge in [0.25, 0.3) is 5.91 Å². The smallest absolute Gasteiger partial charge is 0.257 e. The van der Waals surface area contributed by atoms with Crippen molar-refractivity contribution in [3.8, 4) is 0 Å². The Morgan fingerprint density at radius 2 is 2.13 bits per heavy atom. The summed E-state index contributed by atoms with van der Waals surface area (Å²) in [5.41, 5.74) is 1.26. The third kappa shape index (κ3) is 4.40. The predicted molar refractivity (Wildman–Crippen MR) is 119 cm³/mol. The number of hydrogen-bond acceptors (Lipinski definition) is 6. The van der Waals surface area contributed by atoms with E-state index in [9.17, 15) is 13.2 Å². The summed E-state index contributed by atoms with van der Waals surface area (Å²) < 4.78 is 27.8. The number of halogens is 1. The lowest BCUT2D eigenvalue weighted by atomic mass is 10.0. The third-order valence-electron chi connectivity index (χ3n) is 5.57. The molecular formula is C20H25ClN4O3S2. The Kier molecular flexibility index (Phi) is 6.18. The maximum Gasteiger partial charge on any atom is 0.257 e. The van der Waals surface area contributed by atoms with Crippen LogP contribution in [0.2, 0.25) is 5.02 Å². The number of piperidine rings is 1. The van der Waals surface area contributed by atoms with Gasteiger partial charge in [-0.2, -0.15) is 4.31 Å². The number of likely N-dealkylation sites (N-methyl/N-ethyl adjacent to an activating group) is 1. The molecule has 4 rings (SSSR count). The van der Waals surface area contributed by atoms with Gasteiger partial charge in [-0.3, -0.25) is 10.1 Å². The Hall–Kier alpha value is -1.52. The van der Waals surface area contributed by atoms with E-state index in [1.54, 1.807) is 0 Å². The summed E-state index contributed by atoms with van der Waals surface area (Å²) in [7, 11) is -1.70. The molecule has 2 aromatic rings. The van der Waals surface area contributed by atoms with Gasteiger partial charge in [0, 0.05) is 43.0 Å². The summed E-state index contributed by atoms with van der Waals surface area (Å²) in [6.45, 7) is 4.74. The van der Waals surface area contributed by atoms with Crippen molar-refractivity contribution in [2.45, 2.75) is 37.6 Å².